The van der Waals surface area contributed by atoms with Crippen molar-refractivity contribution in [3.05, 3.63) is 34.4 Å². The lowest BCUT2D eigenvalue weighted by molar-refractivity contribution is 0.0523. The van der Waals surface area contributed by atoms with E-state index in [-0.39, 0.29) is 0 Å². The van der Waals surface area contributed by atoms with Crippen molar-refractivity contribution >= 4 is 12.3 Å². The number of carbonyl (C=O) groups is 2. The van der Waals surface area contributed by atoms with Crippen LogP contribution >= 0.6 is 0 Å². The summed E-state index contributed by atoms with van der Waals surface area (Å²) in [7, 11) is 0. The number of benzene rings is 1. The van der Waals surface area contributed by atoms with Gasteiger partial charge in [-0.25, -0.2) is 4.79 Å². The molecule has 3 nitrogen and oxygen atoms in total. The molecule has 0 heterocycles. The van der Waals surface area contributed by atoms with Crippen molar-refractivity contribution in [3.63, 3.8) is 0 Å². The van der Waals surface area contributed by atoms with Crippen LogP contribution in [0, 0.1) is 13.8 Å². The molecule has 0 aliphatic carbocycles. The number of esters is 1. The monoisotopic (exact) mass is 206 g/mol. The molecule has 0 radical (unpaired) electrons. The van der Waals surface area contributed by atoms with Gasteiger partial charge >= 0.3 is 5.97 Å². The van der Waals surface area contributed by atoms with Crippen LogP contribution in [0.25, 0.3) is 0 Å². The topological polar surface area (TPSA) is 43.4 Å². The number of ether oxygens (including phenoxy) is 1. The minimum absolute atomic E-state index is 0.310. The van der Waals surface area contributed by atoms with Gasteiger partial charge in [-0.15, -0.1) is 0 Å². The van der Waals surface area contributed by atoms with Crippen LogP contribution in [0.3, 0.4) is 0 Å². The highest BCUT2D eigenvalue weighted by molar-refractivity contribution is 6.00. The van der Waals surface area contributed by atoms with Gasteiger partial charge in [-0.3, -0.25) is 4.79 Å². The molecule has 0 saturated heterocycles. The Bertz CT molecular complexity index is 394. The van der Waals surface area contributed by atoms with Gasteiger partial charge in [-0.1, -0.05) is 12.1 Å². The van der Waals surface area contributed by atoms with E-state index < -0.39 is 5.97 Å². The fourth-order valence-corrected chi connectivity index (χ4v) is 1.46. The minimum atomic E-state index is -0.430. The van der Waals surface area contributed by atoms with Gasteiger partial charge in [0, 0.05) is 5.56 Å². The molecule has 0 amide bonds. The largest absolute Gasteiger partial charge is 0.462 e. The highest BCUT2D eigenvalue weighted by atomic mass is 16.5. The van der Waals surface area contributed by atoms with Gasteiger partial charge in [0.2, 0.25) is 0 Å². The van der Waals surface area contributed by atoms with Gasteiger partial charge in [0.1, 0.15) is 0 Å². The molecule has 0 bridgehead atoms. The second-order valence-corrected chi connectivity index (χ2v) is 3.33. The first kappa shape index (κ1) is 11.4. The average molecular weight is 206 g/mol. The molecule has 1 aromatic carbocycles. The smallest absolute Gasteiger partial charge is 0.339 e. The molecule has 0 aromatic heterocycles. The maximum atomic E-state index is 11.6. The molecule has 0 atom stereocenters. The molecular formula is C12H14O3. The first-order chi connectivity index (χ1) is 7.11. The lowest BCUT2D eigenvalue weighted by atomic mass is 9.98. The molecule has 0 fully saturated rings. The Morgan fingerprint density at radius 1 is 1.33 bits per heavy atom. The summed E-state index contributed by atoms with van der Waals surface area (Å²) in [6.07, 6.45) is 0.703. The fraction of sp³-hybridized carbons (Fsp3) is 0.333. The zero-order chi connectivity index (χ0) is 11.4. The molecule has 0 N–H and O–H groups in total. The van der Waals surface area contributed by atoms with Gasteiger partial charge in [0.15, 0.2) is 6.29 Å². The maximum Gasteiger partial charge on any atom is 0.339 e. The van der Waals surface area contributed by atoms with Crippen molar-refractivity contribution in [2.75, 3.05) is 6.61 Å². The number of aryl methyl sites for hydroxylation is 2. The lowest BCUT2D eigenvalue weighted by Crippen LogP contribution is -2.11. The Balaban J connectivity index is 3.31. The second-order valence-electron chi connectivity index (χ2n) is 3.33. The maximum absolute atomic E-state index is 11.6. The van der Waals surface area contributed by atoms with Crippen molar-refractivity contribution in [3.8, 4) is 0 Å². The van der Waals surface area contributed by atoms with Crippen molar-refractivity contribution in [1.29, 1.82) is 0 Å². The molecule has 15 heavy (non-hydrogen) atoms. The molecule has 0 unspecified atom stereocenters. The van der Waals surface area contributed by atoms with Crippen LogP contribution in [0.15, 0.2) is 12.1 Å². The molecule has 0 aliphatic rings. The zero-order valence-electron chi connectivity index (χ0n) is 9.16. The SMILES string of the molecule is CCOC(=O)c1c(C)ccc(C)c1C=O. The number of carbonyl (C=O) groups excluding carboxylic acids is 2. The van der Waals surface area contributed by atoms with E-state index in [0.717, 1.165) is 11.1 Å². The standard InChI is InChI=1S/C12H14O3/c1-4-15-12(14)11-9(3)6-5-8(2)10(11)7-13/h5-7H,4H2,1-3H3. The van der Waals surface area contributed by atoms with Gasteiger partial charge in [-0.05, 0) is 31.9 Å². The molecule has 0 spiro atoms. The second kappa shape index (κ2) is 4.73. The third-order valence-electron chi connectivity index (χ3n) is 2.27. The van der Waals surface area contributed by atoms with Crippen LogP contribution in [0.4, 0.5) is 0 Å². The summed E-state index contributed by atoms with van der Waals surface area (Å²) in [4.78, 5) is 22.5. The van der Waals surface area contributed by atoms with Crippen molar-refractivity contribution in [1.82, 2.24) is 0 Å². The molecule has 3 heteroatoms. The Morgan fingerprint density at radius 2 is 1.93 bits per heavy atom. The van der Waals surface area contributed by atoms with Crippen LogP contribution in [0.1, 0.15) is 38.8 Å². The summed E-state index contributed by atoms with van der Waals surface area (Å²) in [5.74, 6) is -0.430. The van der Waals surface area contributed by atoms with E-state index in [9.17, 15) is 9.59 Å². The number of hydrogen-bond acceptors (Lipinski definition) is 3. The summed E-state index contributed by atoms with van der Waals surface area (Å²) in [5.41, 5.74) is 2.36. The van der Waals surface area contributed by atoms with Crippen molar-refractivity contribution < 1.29 is 14.3 Å². The summed E-state index contributed by atoms with van der Waals surface area (Å²) in [6, 6.07) is 3.64. The fourth-order valence-electron chi connectivity index (χ4n) is 1.46. The van der Waals surface area contributed by atoms with E-state index >= 15 is 0 Å². The predicted octanol–water partition coefficient (Wildman–Crippen LogP) is 2.29. The Morgan fingerprint density at radius 3 is 2.47 bits per heavy atom. The van der Waals surface area contributed by atoms with E-state index in [0.29, 0.717) is 24.0 Å². The molecule has 1 aromatic rings. The highest BCUT2D eigenvalue weighted by Gasteiger charge is 2.16. The third-order valence-corrected chi connectivity index (χ3v) is 2.27. The molecule has 0 saturated carbocycles. The predicted molar refractivity (Wildman–Crippen MR) is 57.3 cm³/mol. The number of aldehydes is 1. The van der Waals surface area contributed by atoms with E-state index in [4.69, 9.17) is 4.74 Å². The molecule has 80 valence electrons. The summed E-state index contributed by atoms with van der Waals surface area (Å²) >= 11 is 0. The summed E-state index contributed by atoms with van der Waals surface area (Å²) in [5, 5.41) is 0. The first-order valence-electron chi connectivity index (χ1n) is 4.84. The van der Waals surface area contributed by atoms with E-state index in [1.54, 1.807) is 20.8 Å². The third kappa shape index (κ3) is 2.24. The summed E-state index contributed by atoms with van der Waals surface area (Å²) < 4.78 is 4.91. The van der Waals surface area contributed by atoms with Crippen molar-refractivity contribution in [2.45, 2.75) is 20.8 Å². The van der Waals surface area contributed by atoms with E-state index in [2.05, 4.69) is 0 Å². The van der Waals surface area contributed by atoms with E-state index in [1.807, 2.05) is 12.1 Å². The summed E-state index contributed by atoms with van der Waals surface area (Å²) in [6.45, 7) is 5.64. The van der Waals surface area contributed by atoms with Gasteiger partial charge < -0.3 is 4.74 Å². The minimum Gasteiger partial charge on any atom is -0.462 e. The Hall–Kier alpha value is -1.64. The highest BCUT2D eigenvalue weighted by Crippen LogP contribution is 2.17. The molecule has 0 aliphatic heterocycles. The van der Waals surface area contributed by atoms with Gasteiger partial charge in [0.05, 0.1) is 12.2 Å². The van der Waals surface area contributed by atoms with Crippen molar-refractivity contribution in [2.24, 2.45) is 0 Å². The van der Waals surface area contributed by atoms with E-state index in [1.165, 1.54) is 0 Å². The Labute approximate surface area is 89.1 Å². The van der Waals surface area contributed by atoms with Crippen LogP contribution in [0.2, 0.25) is 0 Å². The van der Waals surface area contributed by atoms with Crippen LogP contribution in [0.5, 0.6) is 0 Å². The first-order valence-corrected chi connectivity index (χ1v) is 4.84. The lowest BCUT2D eigenvalue weighted by Gasteiger charge is -2.09. The van der Waals surface area contributed by atoms with Gasteiger partial charge in [0.25, 0.3) is 0 Å². The molecular weight excluding hydrogens is 192 g/mol. The van der Waals surface area contributed by atoms with Gasteiger partial charge in [-0.2, -0.15) is 0 Å². The average Bonchev–Trinajstić information content (AvgIpc) is 2.21. The Kier molecular flexibility index (Phi) is 3.61. The van der Waals surface area contributed by atoms with Crippen LogP contribution < -0.4 is 0 Å². The quantitative estimate of drug-likeness (QED) is 0.563. The molecule has 1 rings (SSSR count). The normalized spacial score (nSPS) is 9.80. The number of rotatable bonds is 3. The van der Waals surface area contributed by atoms with Crippen LogP contribution in [-0.4, -0.2) is 18.9 Å². The van der Waals surface area contributed by atoms with Crippen LogP contribution in [-0.2, 0) is 4.74 Å². The number of hydrogen-bond donors (Lipinski definition) is 0. The zero-order valence-corrected chi connectivity index (χ0v) is 9.16.